The summed E-state index contributed by atoms with van der Waals surface area (Å²) in [6.45, 7) is 3.19. The maximum absolute atomic E-state index is 11.6. The number of hydrogen-bond acceptors (Lipinski definition) is 2. The van der Waals surface area contributed by atoms with E-state index < -0.39 is 5.97 Å². The van der Waals surface area contributed by atoms with Crippen molar-refractivity contribution in [3.8, 4) is 0 Å². The Kier molecular flexibility index (Phi) is 7.94. The van der Waals surface area contributed by atoms with Gasteiger partial charge in [0.25, 0.3) is 0 Å². The summed E-state index contributed by atoms with van der Waals surface area (Å²) >= 11 is 0. The highest BCUT2D eigenvalue weighted by atomic mass is 16.4. The van der Waals surface area contributed by atoms with Crippen molar-refractivity contribution < 1.29 is 14.7 Å². The number of hydrogen-bond donors (Lipinski definition) is 3. The second-order valence-corrected chi connectivity index (χ2v) is 4.98. The number of carbonyl (C=O) groups is 2. The van der Waals surface area contributed by atoms with Gasteiger partial charge < -0.3 is 15.7 Å². The first-order valence-corrected chi connectivity index (χ1v) is 7.43. The normalized spacial score (nSPS) is 10.1. The number of carboxylic acid groups (broad SMARTS) is 1. The Morgan fingerprint density at radius 2 is 1.67 bits per heavy atom. The molecular weight excluding hydrogens is 268 g/mol. The van der Waals surface area contributed by atoms with E-state index in [1.807, 2.05) is 12.1 Å². The van der Waals surface area contributed by atoms with Gasteiger partial charge in [-0.05, 0) is 30.4 Å². The van der Waals surface area contributed by atoms with E-state index in [1.54, 1.807) is 0 Å². The van der Waals surface area contributed by atoms with Gasteiger partial charge in [-0.15, -0.1) is 0 Å². The van der Waals surface area contributed by atoms with E-state index in [0.29, 0.717) is 19.5 Å². The number of rotatable bonds is 9. The fourth-order valence-corrected chi connectivity index (χ4v) is 1.92. The van der Waals surface area contributed by atoms with Crippen molar-refractivity contribution in [2.45, 2.75) is 45.6 Å². The third-order valence-corrected chi connectivity index (χ3v) is 3.24. The van der Waals surface area contributed by atoms with Gasteiger partial charge in [-0.2, -0.15) is 0 Å². The molecule has 0 aliphatic carbocycles. The Morgan fingerprint density at radius 3 is 2.29 bits per heavy atom. The van der Waals surface area contributed by atoms with E-state index in [4.69, 9.17) is 5.11 Å². The van der Waals surface area contributed by atoms with E-state index >= 15 is 0 Å². The Morgan fingerprint density at radius 1 is 1.00 bits per heavy atom. The molecule has 116 valence electrons. The lowest BCUT2D eigenvalue weighted by molar-refractivity contribution is -0.137. The zero-order valence-corrected chi connectivity index (χ0v) is 12.5. The molecule has 0 radical (unpaired) electrons. The average Bonchev–Trinajstić information content (AvgIpc) is 2.49. The smallest absolute Gasteiger partial charge is 0.315 e. The van der Waals surface area contributed by atoms with Crippen molar-refractivity contribution in [2.24, 2.45) is 0 Å². The topological polar surface area (TPSA) is 78.4 Å². The first kappa shape index (κ1) is 17.0. The lowest BCUT2D eigenvalue weighted by Gasteiger charge is -2.08. The van der Waals surface area contributed by atoms with Gasteiger partial charge in [-0.25, -0.2) is 4.79 Å². The molecule has 0 aromatic heterocycles. The molecule has 1 rings (SSSR count). The number of aliphatic carboxylic acids is 1. The summed E-state index contributed by atoms with van der Waals surface area (Å²) < 4.78 is 0. The quantitative estimate of drug-likeness (QED) is 0.612. The second-order valence-electron chi connectivity index (χ2n) is 4.98. The van der Waals surface area contributed by atoms with Crippen LogP contribution in [-0.2, 0) is 17.8 Å². The zero-order valence-electron chi connectivity index (χ0n) is 12.5. The maximum Gasteiger partial charge on any atom is 0.315 e. The highest BCUT2D eigenvalue weighted by Crippen LogP contribution is 2.04. The molecule has 0 aliphatic heterocycles. The summed E-state index contributed by atoms with van der Waals surface area (Å²) in [5.41, 5.74) is 2.35. The summed E-state index contributed by atoms with van der Waals surface area (Å²) in [7, 11) is 0. The first-order chi connectivity index (χ1) is 10.1. The predicted molar refractivity (Wildman–Crippen MR) is 82.2 cm³/mol. The summed E-state index contributed by atoms with van der Waals surface area (Å²) in [4.78, 5) is 21.9. The van der Waals surface area contributed by atoms with E-state index in [0.717, 1.165) is 24.8 Å². The third-order valence-electron chi connectivity index (χ3n) is 3.24. The summed E-state index contributed by atoms with van der Waals surface area (Å²) in [5, 5.41) is 14.1. The molecule has 21 heavy (non-hydrogen) atoms. The number of amides is 2. The largest absolute Gasteiger partial charge is 0.481 e. The van der Waals surface area contributed by atoms with Crippen LogP contribution in [0.2, 0.25) is 0 Å². The number of aryl methyl sites for hydroxylation is 1. The number of carbonyl (C=O) groups excluding carboxylic acids is 1. The Hall–Kier alpha value is -2.04. The molecule has 0 aliphatic rings. The molecule has 0 saturated carbocycles. The molecule has 0 saturated heterocycles. The average molecular weight is 292 g/mol. The number of urea groups is 1. The molecule has 5 heteroatoms. The summed E-state index contributed by atoms with van der Waals surface area (Å²) in [5.74, 6) is -0.769. The molecule has 0 atom stereocenters. The second kappa shape index (κ2) is 9.80. The SMILES string of the molecule is CCc1ccc(CNC(=O)NCCCCCC(=O)O)cc1. The highest BCUT2D eigenvalue weighted by Gasteiger charge is 2.01. The third kappa shape index (κ3) is 7.97. The van der Waals surface area contributed by atoms with E-state index in [9.17, 15) is 9.59 Å². The van der Waals surface area contributed by atoms with Gasteiger partial charge in [-0.1, -0.05) is 37.6 Å². The predicted octanol–water partition coefficient (Wildman–Crippen LogP) is 2.69. The van der Waals surface area contributed by atoms with Gasteiger partial charge in [-0.3, -0.25) is 4.79 Å². The van der Waals surface area contributed by atoms with Crippen LogP contribution >= 0.6 is 0 Å². The van der Waals surface area contributed by atoms with Gasteiger partial charge in [0.2, 0.25) is 0 Å². The highest BCUT2D eigenvalue weighted by molar-refractivity contribution is 5.73. The molecule has 0 heterocycles. The van der Waals surface area contributed by atoms with Crippen LogP contribution in [0.1, 0.15) is 43.7 Å². The minimum Gasteiger partial charge on any atom is -0.481 e. The molecule has 0 spiro atoms. The van der Waals surface area contributed by atoms with Crippen LogP contribution in [0.25, 0.3) is 0 Å². The molecule has 3 N–H and O–H groups in total. The molecule has 0 unspecified atom stereocenters. The van der Waals surface area contributed by atoms with E-state index in [1.165, 1.54) is 5.56 Å². The van der Waals surface area contributed by atoms with Gasteiger partial charge in [0.15, 0.2) is 0 Å². The Labute approximate surface area is 125 Å². The maximum atomic E-state index is 11.6. The van der Waals surface area contributed by atoms with Crippen molar-refractivity contribution in [1.29, 1.82) is 0 Å². The summed E-state index contributed by atoms with van der Waals surface area (Å²) in [6, 6.07) is 7.98. The fraction of sp³-hybridized carbons (Fsp3) is 0.500. The van der Waals surface area contributed by atoms with Gasteiger partial charge in [0, 0.05) is 19.5 Å². The van der Waals surface area contributed by atoms with Crippen LogP contribution in [0.3, 0.4) is 0 Å². The van der Waals surface area contributed by atoms with Gasteiger partial charge >= 0.3 is 12.0 Å². The van der Waals surface area contributed by atoms with Crippen LogP contribution in [0.15, 0.2) is 24.3 Å². The van der Waals surface area contributed by atoms with Crippen LogP contribution in [-0.4, -0.2) is 23.7 Å². The number of benzene rings is 1. The van der Waals surface area contributed by atoms with E-state index in [2.05, 4.69) is 29.7 Å². The van der Waals surface area contributed by atoms with Crippen molar-refractivity contribution in [3.63, 3.8) is 0 Å². The summed E-state index contributed by atoms with van der Waals surface area (Å²) in [6.07, 6.45) is 3.47. The lowest BCUT2D eigenvalue weighted by Crippen LogP contribution is -2.35. The van der Waals surface area contributed by atoms with E-state index in [-0.39, 0.29) is 12.5 Å². The zero-order chi connectivity index (χ0) is 15.5. The minimum atomic E-state index is -0.769. The monoisotopic (exact) mass is 292 g/mol. The molecule has 1 aromatic carbocycles. The minimum absolute atomic E-state index is 0.187. The first-order valence-electron chi connectivity index (χ1n) is 7.43. The molecule has 0 fully saturated rings. The van der Waals surface area contributed by atoms with Crippen LogP contribution in [0.4, 0.5) is 4.79 Å². The molecule has 0 bridgehead atoms. The van der Waals surface area contributed by atoms with Crippen LogP contribution < -0.4 is 10.6 Å². The van der Waals surface area contributed by atoms with Crippen LogP contribution in [0, 0.1) is 0 Å². The van der Waals surface area contributed by atoms with Gasteiger partial charge in [0.1, 0.15) is 0 Å². The number of unbranched alkanes of at least 4 members (excludes halogenated alkanes) is 2. The number of carboxylic acids is 1. The van der Waals surface area contributed by atoms with Crippen molar-refractivity contribution in [3.05, 3.63) is 35.4 Å². The van der Waals surface area contributed by atoms with Crippen LogP contribution in [0.5, 0.6) is 0 Å². The van der Waals surface area contributed by atoms with Crippen molar-refractivity contribution in [2.75, 3.05) is 6.54 Å². The lowest BCUT2D eigenvalue weighted by atomic mass is 10.1. The van der Waals surface area contributed by atoms with Crippen molar-refractivity contribution >= 4 is 12.0 Å². The Bertz CT molecular complexity index is 443. The Balaban J connectivity index is 2.09. The standard InChI is InChI=1S/C16H24N2O3/c1-2-13-7-9-14(10-8-13)12-18-16(21)17-11-5-3-4-6-15(19)20/h7-10H,2-6,11-12H2,1H3,(H,19,20)(H2,17,18,21). The molecule has 5 nitrogen and oxygen atoms in total. The van der Waals surface area contributed by atoms with Gasteiger partial charge in [0.05, 0.1) is 0 Å². The molecular formula is C16H24N2O3. The molecule has 2 amide bonds. The van der Waals surface area contributed by atoms with Crippen molar-refractivity contribution in [1.82, 2.24) is 10.6 Å². The fourth-order valence-electron chi connectivity index (χ4n) is 1.92. The number of nitrogens with one attached hydrogen (secondary N) is 2. The molecule has 1 aromatic rings.